The number of para-hydroxylation sites is 1. The monoisotopic (exact) mass is 602 g/mol. The molecule has 0 saturated heterocycles. The van der Waals surface area contributed by atoms with Crippen LogP contribution in [0.2, 0.25) is 0 Å². The molecule has 0 aliphatic carbocycles. The zero-order valence-corrected chi connectivity index (χ0v) is 24.7. The summed E-state index contributed by atoms with van der Waals surface area (Å²) in [4.78, 5) is 26.2. The maximum atomic E-state index is 13.9. The summed E-state index contributed by atoms with van der Waals surface area (Å²) in [5, 5.41) is 7.16. The SMILES string of the molecule is C/C(=N/NC(=O)c1ccccc1N(Cc1ccccc1)S(=O)(=O)c1ccccc1)c1cccc(NC(=O)c2ccccc2)c1. The summed E-state index contributed by atoms with van der Waals surface area (Å²) in [5.74, 6) is -0.817. The minimum atomic E-state index is -4.03. The van der Waals surface area contributed by atoms with E-state index < -0.39 is 15.9 Å². The highest BCUT2D eigenvalue weighted by Gasteiger charge is 2.28. The van der Waals surface area contributed by atoms with E-state index in [2.05, 4.69) is 15.8 Å². The lowest BCUT2D eigenvalue weighted by Gasteiger charge is -2.26. The van der Waals surface area contributed by atoms with Crippen molar-refractivity contribution in [2.24, 2.45) is 5.10 Å². The molecule has 8 nitrogen and oxygen atoms in total. The van der Waals surface area contributed by atoms with E-state index >= 15 is 0 Å². The number of hydrazone groups is 1. The molecular weight excluding hydrogens is 572 g/mol. The molecule has 0 fully saturated rings. The Morgan fingerprint density at radius 2 is 1.27 bits per heavy atom. The van der Waals surface area contributed by atoms with Crippen LogP contribution >= 0.6 is 0 Å². The van der Waals surface area contributed by atoms with Gasteiger partial charge >= 0.3 is 0 Å². The van der Waals surface area contributed by atoms with Crippen LogP contribution in [0, 0.1) is 0 Å². The van der Waals surface area contributed by atoms with E-state index in [-0.39, 0.29) is 28.6 Å². The van der Waals surface area contributed by atoms with E-state index in [0.29, 0.717) is 22.5 Å². The number of hydrogen-bond donors (Lipinski definition) is 2. The molecule has 0 atom stereocenters. The van der Waals surface area contributed by atoms with Gasteiger partial charge in [0.25, 0.3) is 21.8 Å². The van der Waals surface area contributed by atoms with Gasteiger partial charge in [0, 0.05) is 11.3 Å². The summed E-state index contributed by atoms with van der Waals surface area (Å²) in [6, 6.07) is 39.8. The van der Waals surface area contributed by atoms with Crippen molar-refractivity contribution >= 4 is 38.9 Å². The molecule has 0 aliphatic rings. The molecule has 5 aromatic rings. The predicted octanol–water partition coefficient (Wildman–Crippen LogP) is 6.49. The molecule has 0 aromatic heterocycles. The van der Waals surface area contributed by atoms with Crippen molar-refractivity contribution in [3.8, 4) is 0 Å². The third-order valence-electron chi connectivity index (χ3n) is 6.82. The van der Waals surface area contributed by atoms with Gasteiger partial charge in [0.2, 0.25) is 0 Å². The van der Waals surface area contributed by atoms with Crippen LogP contribution in [-0.4, -0.2) is 25.9 Å². The first kappa shape index (κ1) is 29.9. The highest BCUT2D eigenvalue weighted by Crippen LogP contribution is 2.29. The first-order valence-electron chi connectivity index (χ1n) is 13.8. The molecule has 5 aromatic carbocycles. The molecular formula is C35H30N4O4S. The van der Waals surface area contributed by atoms with Gasteiger partial charge in [-0.3, -0.25) is 13.9 Å². The Hall–Kier alpha value is -5.54. The second-order valence-electron chi connectivity index (χ2n) is 9.87. The average molecular weight is 603 g/mol. The zero-order chi connectivity index (χ0) is 30.9. The largest absolute Gasteiger partial charge is 0.322 e. The number of sulfonamides is 1. The molecule has 5 rings (SSSR count). The first-order chi connectivity index (χ1) is 21.3. The Morgan fingerprint density at radius 3 is 1.98 bits per heavy atom. The standard InChI is InChI=1S/C35H30N4O4S/c1-26(29-18-13-19-30(24-29)36-34(40)28-16-7-3-8-17-28)37-38-35(41)32-22-11-12-23-33(32)39(25-27-14-5-2-6-15-27)44(42,43)31-20-9-4-10-21-31/h2-24H,25H2,1H3,(H,36,40)(H,38,41)/b37-26-. The molecule has 2 N–H and O–H groups in total. The normalized spacial score (nSPS) is 11.4. The van der Waals surface area contributed by atoms with Gasteiger partial charge in [0.1, 0.15) is 0 Å². The van der Waals surface area contributed by atoms with E-state index in [0.717, 1.165) is 5.56 Å². The fraction of sp³-hybridized carbons (Fsp3) is 0.0571. The average Bonchev–Trinajstić information content (AvgIpc) is 3.07. The van der Waals surface area contributed by atoms with Crippen LogP contribution in [-0.2, 0) is 16.6 Å². The van der Waals surface area contributed by atoms with Gasteiger partial charge in [-0.1, -0.05) is 91.0 Å². The first-order valence-corrected chi connectivity index (χ1v) is 15.3. The van der Waals surface area contributed by atoms with Crippen LogP contribution < -0.4 is 15.0 Å². The van der Waals surface area contributed by atoms with E-state index in [1.807, 2.05) is 42.5 Å². The number of nitrogens with one attached hydrogen (secondary N) is 2. The summed E-state index contributed by atoms with van der Waals surface area (Å²) in [6.07, 6.45) is 0. The Morgan fingerprint density at radius 1 is 0.682 bits per heavy atom. The highest BCUT2D eigenvalue weighted by atomic mass is 32.2. The summed E-state index contributed by atoms with van der Waals surface area (Å²) in [5.41, 5.74) is 5.97. The lowest BCUT2D eigenvalue weighted by Crippen LogP contribution is -2.33. The minimum Gasteiger partial charge on any atom is -0.322 e. The Bertz CT molecular complexity index is 1900. The van der Waals surface area contributed by atoms with Gasteiger partial charge in [-0.05, 0) is 66.6 Å². The third-order valence-corrected chi connectivity index (χ3v) is 8.59. The number of rotatable bonds is 10. The van der Waals surface area contributed by atoms with Crippen LogP contribution in [0.1, 0.15) is 38.8 Å². The van der Waals surface area contributed by atoms with E-state index in [4.69, 9.17) is 0 Å². The van der Waals surface area contributed by atoms with Crippen LogP contribution in [0.15, 0.2) is 150 Å². The van der Waals surface area contributed by atoms with Gasteiger partial charge in [-0.2, -0.15) is 5.10 Å². The topological polar surface area (TPSA) is 108 Å². The number of benzene rings is 5. The molecule has 0 radical (unpaired) electrons. The second kappa shape index (κ2) is 13.6. The van der Waals surface area contributed by atoms with Gasteiger partial charge in [0.05, 0.1) is 28.4 Å². The van der Waals surface area contributed by atoms with Gasteiger partial charge in [0.15, 0.2) is 0 Å². The maximum absolute atomic E-state index is 13.9. The predicted molar refractivity (Wildman–Crippen MR) is 173 cm³/mol. The van der Waals surface area contributed by atoms with Crippen molar-refractivity contribution in [1.29, 1.82) is 0 Å². The molecule has 2 amide bonds. The Kier molecular flexibility index (Phi) is 9.27. The molecule has 0 spiro atoms. The molecule has 0 unspecified atom stereocenters. The van der Waals surface area contributed by atoms with E-state index in [9.17, 15) is 18.0 Å². The molecule has 0 bridgehead atoms. The Labute approximate surface area is 256 Å². The smallest absolute Gasteiger partial charge is 0.273 e. The molecule has 44 heavy (non-hydrogen) atoms. The fourth-order valence-electron chi connectivity index (χ4n) is 4.53. The minimum absolute atomic E-state index is 0.0200. The number of anilines is 2. The number of carbonyl (C=O) groups is 2. The summed E-state index contributed by atoms with van der Waals surface area (Å²) in [7, 11) is -4.03. The van der Waals surface area contributed by atoms with Crippen molar-refractivity contribution < 1.29 is 18.0 Å². The lowest BCUT2D eigenvalue weighted by molar-refractivity contribution is 0.0954. The van der Waals surface area contributed by atoms with Crippen LogP contribution in [0.4, 0.5) is 11.4 Å². The van der Waals surface area contributed by atoms with Crippen molar-refractivity contribution in [2.75, 3.05) is 9.62 Å². The highest BCUT2D eigenvalue weighted by molar-refractivity contribution is 7.92. The number of amides is 2. The molecule has 220 valence electrons. The number of hydrogen-bond acceptors (Lipinski definition) is 5. The van der Waals surface area contributed by atoms with E-state index in [1.165, 1.54) is 16.4 Å². The summed E-state index contributed by atoms with van der Waals surface area (Å²) >= 11 is 0. The molecule has 0 aliphatic heterocycles. The molecule has 9 heteroatoms. The van der Waals surface area contributed by atoms with Crippen molar-refractivity contribution in [1.82, 2.24) is 5.43 Å². The van der Waals surface area contributed by atoms with Crippen LogP contribution in [0.25, 0.3) is 0 Å². The van der Waals surface area contributed by atoms with Crippen molar-refractivity contribution in [3.63, 3.8) is 0 Å². The fourth-order valence-corrected chi connectivity index (χ4v) is 6.02. The summed E-state index contributed by atoms with van der Waals surface area (Å²) < 4.78 is 29.0. The van der Waals surface area contributed by atoms with Gasteiger partial charge in [-0.25, -0.2) is 13.8 Å². The van der Waals surface area contributed by atoms with Crippen LogP contribution in [0.5, 0.6) is 0 Å². The maximum Gasteiger partial charge on any atom is 0.273 e. The van der Waals surface area contributed by atoms with Crippen molar-refractivity contribution in [3.05, 3.63) is 162 Å². The van der Waals surface area contributed by atoms with Crippen molar-refractivity contribution in [2.45, 2.75) is 18.4 Å². The van der Waals surface area contributed by atoms with Gasteiger partial charge < -0.3 is 5.32 Å². The molecule has 0 saturated carbocycles. The van der Waals surface area contributed by atoms with Gasteiger partial charge in [-0.15, -0.1) is 0 Å². The number of carbonyl (C=O) groups excluding carboxylic acids is 2. The van der Waals surface area contributed by atoms with E-state index in [1.54, 1.807) is 91.9 Å². The lowest BCUT2D eigenvalue weighted by atomic mass is 10.1. The zero-order valence-electron chi connectivity index (χ0n) is 23.9. The Balaban J connectivity index is 1.40. The second-order valence-corrected chi connectivity index (χ2v) is 11.7. The summed E-state index contributed by atoms with van der Waals surface area (Å²) in [6.45, 7) is 1.75. The third kappa shape index (κ3) is 7.08. The molecule has 0 heterocycles. The van der Waals surface area contributed by atoms with Crippen LogP contribution in [0.3, 0.4) is 0 Å². The number of nitrogens with zero attached hydrogens (tertiary/aromatic N) is 2. The quantitative estimate of drug-likeness (QED) is 0.141.